The Labute approximate surface area is 137 Å². The average molecular weight is 330 g/mol. The lowest BCUT2D eigenvalue weighted by atomic mass is 10.1. The maximum atomic E-state index is 12.1. The molecular weight excluding hydrogens is 318 g/mol. The molecule has 3 aromatic rings. The zero-order valence-corrected chi connectivity index (χ0v) is 13.3. The molecule has 0 unspecified atom stereocenters. The van der Waals surface area contributed by atoms with Crippen molar-refractivity contribution in [3.05, 3.63) is 64.7 Å². The molecule has 2 aromatic carbocycles. The first kappa shape index (κ1) is 14.7. The van der Waals surface area contributed by atoms with E-state index in [-0.39, 0.29) is 5.91 Å². The maximum Gasteiger partial charge on any atom is 0.257 e. The van der Waals surface area contributed by atoms with Crippen LogP contribution in [0.3, 0.4) is 0 Å². The van der Waals surface area contributed by atoms with E-state index < -0.39 is 0 Å². The van der Waals surface area contributed by atoms with Crippen molar-refractivity contribution in [1.29, 1.82) is 0 Å². The number of aryl methyl sites for hydroxylation is 1. The summed E-state index contributed by atoms with van der Waals surface area (Å²) in [6.45, 7) is 2.02. The number of hydrogen-bond donors (Lipinski definition) is 1. The first-order valence-electron chi connectivity index (χ1n) is 6.59. The van der Waals surface area contributed by atoms with Crippen molar-refractivity contribution in [2.45, 2.75) is 6.92 Å². The SMILES string of the molecule is Cc1ccc(-c2nsc(NC(=O)c3ccc(Cl)cc3)n2)cc1. The second kappa shape index (κ2) is 6.25. The number of rotatable bonds is 3. The second-order valence-corrected chi connectivity index (χ2v) is 5.94. The molecule has 0 radical (unpaired) electrons. The Morgan fingerprint density at radius 1 is 1.09 bits per heavy atom. The number of nitrogens with one attached hydrogen (secondary N) is 1. The summed E-state index contributed by atoms with van der Waals surface area (Å²) in [7, 11) is 0. The van der Waals surface area contributed by atoms with E-state index in [1.807, 2.05) is 31.2 Å². The lowest BCUT2D eigenvalue weighted by Gasteiger charge is -2.01. The van der Waals surface area contributed by atoms with Gasteiger partial charge in [-0.05, 0) is 31.2 Å². The van der Waals surface area contributed by atoms with Gasteiger partial charge < -0.3 is 0 Å². The van der Waals surface area contributed by atoms with Crippen LogP contribution in [0.2, 0.25) is 5.02 Å². The zero-order valence-electron chi connectivity index (χ0n) is 11.7. The number of benzene rings is 2. The van der Waals surface area contributed by atoms with E-state index in [1.54, 1.807) is 24.3 Å². The van der Waals surface area contributed by atoms with Crippen molar-refractivity contribution in [3.8, 4) is 11.4 Å². The predicted octanol–water partition coefficient (Wildman–Crippen LogP) is 4.42. The zero-order chi connectivity index (χ0) is 15.5. The molecule has 0 aliphatic rings. The molecule has 0 spiro atoms. The fourth-order valence-electron chi connectivity index (χ4n) is 1.86. The molecule has 6 heteroatoms. The number of nitrogens with zero attached hydrogens (tertiary/aromatic N) is 2. The van der Waals surface area contributed by atoms with Gasteiger partial charge in [0.05, 0.1) is 0 Å². The third-order valence-corrected chi connectivity index (χ3v) is 3.95. The van der Waals surface area contributed by atoms with Crippen LogP contribution >= 0.6 is 23.1 Å². The number of aromatic nitrogens is 2. The topological polar surface area (TPSA) is 54.9 Å². The molecule has 0 fully saturated rings. The van der Waals surface area contributed by atoms with Gasteiger partial charge in [-0.25, -0.2) is 0 Å². The second-order valence-electron chi connectivity index (χ2n) is 4.75. The maximum absolute atomic E-state index is 12.1. The summed E-state index contributed by atoms with van der Waals surface area (Å²) in [6.07, 6.45) is 0. The summed E-state index contributed by atoms with van der Waals surface area (Å²) < 4.78 is 4.27. The van der Waals surface area contributed by atoms with Crippen molar-refractivity contribution >= 4 is 34.2 Å². The molecule has 110 valence electrons. The Morgan fingerprint density at radius 3 is 2.45 bits per heavy atom. The summed E-state index contributed by atoms with van der Waals surface area (Å²) in [4.78, 5) is 16.4. The molecule has 0 aliphatic heterocycles. The molecule has 22 heavy (non-hydrogen) atoms. The Kier molecular flexibility index (Phi) is 4.18. The van der Waals surface area contributed by atoms with Gasteiger partial charge in [0.1, 0.15) is 0 Å². The molecule has 1 amide bonds. The highest BCUT2D eigenvalue weighted by atomic mass is 35.5. The van der Waals surface area contributed by atoms with E-state index in [0.29, 0.717) is 21.5 Å². The summed E-state index contributed by atoms with van der Waals surface area (Å²) >= 11 is 6.96. The average Bonchev–Trinajstić information content (AvgIpc) is 2.97. The minimum Gasteiger partial charge on any atom is -0.297 e. The molecule has 1 N–H and O–H groups in total. The lowest BCUT2D eigenvalue weighted by Crippen LogP contribution is -2.11. The largest absolute Gasteiger partial charge is 0.297 e. The van der Waals surface area contributed by atoms with Crippen LogP contribution < -0.4 is 5.32 Å². The lowest BCUT2D eigenvalue weighted by molar-refractivity contribution is 0.102. The Bertz CT molecular complexity index is 797. The van der Waals surface area contributed by atoms with Crippen LogP contribution in [0.15, 0.2) is 48.5 Å². The van der Waals surface area contributed by atoms with E-state index in [9.17, 15) is 4.79 Å². The van der Waals surface area contributed by atoms with E-state index in [0.717, 1.165) is 17.1 Å². The number of hydrogen-bond acceptors (Lipinski definition) is 4. The smallest absolute Gasteiger partial charge is 0.257 e. The fourth-order valence-corrected chi connectivity index (χ4v) is 2.58. The van der Waals surface area contributed by atoms with Crippen LogP contribution in [0, 0.1) is 6.92 Å². The van der Waals surface area contributed by atoms with Crippen LogP contribution in [0.25, 0.3) is 11.4 Å². The van der Waals surface area contributed by atoms with Crippen LogP contribution in [0.1, 0.15) is 15.9 Å². The van der Waals surface area contributed by atoms with Crippen molar-refractivity contribution in [2.24, 2.45) is 0 Å². The van der Waals surface area contributed by atoms with Gasteiger partial charge >= 0.3 is 0 Å². The molecule has 4 nitrogen and oxygen atoms in total. The van der Waals surface area contributed by atoms with Gasteiger partial charge in [0.25, 0.3) is 5.91 Å². The summed E-state index contributed by atoms with van der Waals surface area (Å²) in [5.74, 6) is 0.375. The predicted molar refractivity (Wildman–Crippen MR) is 89.5 cm³/mol. The van der Waals surface area contributed by atoms with Crippen molar-refractivity contribution in [2.75, 3.05) is 5.32 Å². The molecule has 1 aromatic heterocycles. The van der Waals surface area contributed by atoms with E-state index >= 15 is 0 Å². The highest BCUT2D eigenvalue weighted by Crippen LogP contribution is 2.22. The Morgan fingerprint density at radius 2 is 1.77 bits per heavy atom. The quantitative estimate of drug-likeness (QED) is 0.774. The van der Waals surface area contributed by atoms with Crippen LogP contribution in [-0.2, 0) is 0 Å². The van der Waals surface area contributed by atoms with Gasteiger partial charge in [-0.2, -0.15) is 9.36 Å². The molecule has 0 saturated carbocycles. The third kappa shape index (κ3) is 3.32. The first-order chi connectivity index (χ1) is 10.6. The van der Waals surface area contributed by atoms with Crippen LogP contribution in [0.4, 0.5) is 5.13 Å². The summed E-state index contributed by atoms with van der Waals surface area (Å²) in [6, 6.07) is 14.6. The summed E-state index contributed by atoms with van der Waals surface area (Å²) in [5, 5.41) is 3.80. The molecular formula is C16H12ClN3OS. The van der Waals surface area contributed by atoms with E-state index in [2.05, 4.69) is 14.7 Å². The minimum atomic E-state index is -0.233. The minimum absolute atomic E-state index is 0.233. The highest BCUT2D eigenvalue weighted by molar-refractivity contribution is 7.10. The number of halogens is 1. The molecule has 0 bridgehead atoms. The molecule has 3 rings (SSSR count). The normalized spacial score (nSPS) is 10.5. The fraction of sp³-hybridized carbons (Fsp3) is 0.0625. The summed E-state index contributed by atoms with van der Waals surface area (Å²) in [5.41, 5.74) is 2.63. The monoisotopic (exact) mass is 329 g/mol. The van der Waals surface area contributed by atoms with Gasteiger partial charge in [0, 0.05) is 27.7 Å². The molecule has 0 saturated heterocycles. The van der Waals surface area contributed by atoms with Gasteiger partial charge in [0.15, 0.2) is 5.82 Å². The Hall–Kier alpha value is -2.24. The molecule has 0 aliphatic carbocycles. The van der Waals surface area contributed by atoms with Gasteiger partial charge in [-0.1, -0.05) is 41.4 Å². The number of anilines is 1. The number of amides is 1. The third-order valence-electron chi connectivity index (χ3n) is 3.06. The number of carbonyl (C=O) groups excluding carboxylic acids is 1. The first-order valence-corrected chi connectivity index (χ1v) is 7.74. The number of carbonyl (C=O) groups is 1. The van der Waals surface area contributed by atoms with E-state index in [4.69, 9.17) is 11.6 Å². The van der Waals surface area contributed by atoms with Crippen LogP contribution in [0.5, 0.6) is 0 Å². The van der Waals surface area contributed by atoms with Crippen molar-refractivity contribution in [3.63, 3.8) is 0 Å². The van der Waals surface area contributed by atoms with Crippen molar-refractivity contribution < 1.29 is 4.79 Å². The van der Waals surface area contributed by atoms with Crippen molar-refractivity contribution in [1.82, 2.24) is 9.36 Å². The highest BCUT2D eigenvalue weighted by Gasteiger charge is 2.11. The van der Waals surface area contributed by atoms with Gasteiger partial charge in [0.2, 0.25) is 5.13 Å². The van der Waals surface area contributed by atoms with Gasteiger partial charge in [-0.3, -0.25) is 10.1 Å². The Balaban J connectivity index is 1.75. The van der Waals surface area contributed by atoms with Crippen LogP contribution in [-0.4, -0.2) is 15.3 Å². The standard InChI is InChI=1S/C16H12ClN3OS/c1-10-2-4-11(5-3-10)14-18-16(22-20-14)19-15(21)12-6-8-13(17)9-7-12/h2-9H,1H3,(H,18,19,20,21). The van der Waals surface area contributed by atoms with Gasteiger partial charge in [-0.15, -0.1) is 0 Å². The molecule has 0 atom stereocenters. The van der Waals surface area contributed by atoms with E-state index in [1.165, 1.54) is 5.56 Å². The molecule has 1 heterocycles.